The molecule has 8 nitrogen and oxygen atoms in total. The number of H-pyrrole nitrogens is 2. The maximum atomic E-state index is 5.51. The number of rotatable bonds is 8. The Kier molecular flexibility index (Phi) is 9.96. The summed E-state index contributed by atoms with van der Waals surface area (Å²) in [7, 11) is 19.0. The largest absolute Gasteiger partial charge is 0.378 e. The van der Waals surface area contributed by atoms with Crippen molar-refractivity contribution in [1.82, 2.24) is 24.4 Å². The van der Waals surface area contributed by atoms with E-state index in [2.05, 4.69) is 234 Å². The van der Waals surface area contributed by atoms with Crippen LogP contribution in [0.3, 0.4) is 0 Å². The van der Waals surface area contributed by atoms with E-state index in [4.69, 9.17) is 9.97 Å². The maximum absolute atomic E-state index is 5.51. The zero-order valence-corrected chi connectivity index (χ0v) is 36.5. The van der Waals surface area contributed by atoms with Crippen LogP contribution in [-0.4, -0.2) is 83.4 Å². The fourth-order valence-corrected chi connectivity index (χ4v) is 8.27. The monoisotopic (exact) mass is 801 g/mol. The minimum atomic E-state index is 0.726. The predicted octanol–water partition coefficient (Wildman–Crippen LogP) is 11.7. The van der Waals surface area contributed by atoms with E-state index in [1.54, 1.807) is 0 Å². The molecule has 0 amide bonds. The van der Waals surface area contributed by atoms with Gasteiger partial charge in [-0.05, 0) is 131 Å². The number of nitrogens with one attached hydrogen (secondary N) is 2. The minimum Gasteiger partial charge on any atom is -0.378 e. The lowest BCUT2D eigenvalue weighted by atomic mass is 10.0. The molecule has 61 heavy (non-hydrogen) atoms. The highest BCUT2D eigenvalue weighted by Gasteiger charge is 2.20. The highest BCUT2D eigenvalue weighted by molar-refractivity contribution is 6.00. The van der Waals surface area contributed by atoms with Crippen molar-refractivity contribution in [2.24, 2.45) is 0 Å². The Morgan fingerprint density at radius 3 is 0.820 bits per heavy atom. The number of quaternary nitrogens is 1. The van der Waals surface area contributed by atoms with Gasteiger partial charge in [-0.2, -0.15) is 0 Å². The van der Waals surface area contributed by atoms with Gasteiger partial charge in [-0.1, -0.05) is 36.4 Å². The van der Waals surface area contributed by atoms with Gasteiger partial charge in [-0.3, -0.25) is 4.48 Å². The van der Waals surface area contributed by atoms with Gasteiger partial charge in [0.1, 0.15) is 5.69 Å². The molecular weight excluding hydrogens is 749 g/mol. The molecular formula is C53H53N8+. The molecule has 0 radical (unpaired) electrons. The maximum Gasteiger partial charge on any atom is 0.132 e. The Morgan fingerprint density at radius 1 is 0.344 bits per heavy atom. The first-order valence-corrected chi connectivity index (χ1v) is 20.7. The smallest absolute Gasteiger partial charge is 0.132 e. The second kappa shape index (κ2) is 15.5. The van der Waals surface area contributed by atoms with Crippen molar-refractivity contribution in [1.29, 1.82) is 0 Å². The standard InChI is InChI=1S/C53H53N8/c1-58(2)38-18-10-34(11-19-38)50-42-26-28-44(54-42)51(35-12-20-39(21-13-35)59(3)4)46-30-32-48(56-46)53(37-16-24-41(25-17-37)61(7,8)9)49-33-31-47(57-49)52(45-29-27-43(50)55-45)36-14-22-40(23-15-36)60(5)6/h10-33,54,57H,1-9H3/q+1. The molecule has 9 rings (SSSR count). The molecule has 0 fully saturated rings. The zero-order valence-electron chi connectivity index (χ0n) is 36.5. The number of anilines is 3. The Bertz CT molecular complexity index is 2940. The Hall–Kier alpha value is -7.16. The number of aromatic amines is 2. The van der Waals surface area contributed by atoms with Gasteiger partial charge >= 0.3 is 0 Å². The number of hydrogen-bond donors (Lipinski definition) is 2. The summed E-state index contributed by atoms with van der Waals surface area (Å²) >= 11 is 0. The normalized spacial score (nSPS) is 12.2. The van der Waals surface area contributed by atoms with Crippen molar-refractivity contribution >= 4 is 69.1 Å². The molecule has 8 bridgehead atoms. The average Bonchev–Trinajstić information content (AvgIpc) is 4.09. The molecule has 7 aromatic rings. The molecule has 2 N–H and O–H groups in total. The molecule has 4 aromatic carbocycles. The lowest BCUT2D eigenvalue weighted by Gasteiger charge is -2.23. The number of hydrogen-bond acceptors (Lipinski definition) is 5. The summed E-state index contributed by atoms with van der Waals surface area (Å²) in [6.45, 7) is 0. The fourth-order valence-electron chi connectivity index (χ4n) is 8.27. The first kappa shape index (κ1) is 39.3. The highest BCUT2D eigenvalue weighted by atomic mass is 15.3. The lowest BCUT2D eigenvalue weighted by Crippen LogP contribution is -2.34. The van der Waals surface area contributed by atoms with Gasteiger partial charge in [-0.25, -0.2) is 9.97 Å². The Balaban J connectivity index is 1.42. The van der Waals surface area contributed by atoms with Crippen LogP contribution >= 0.6 is 0 Å². The van der Waals surface area contributed by atoms with E-state index in [0.29, 0.717) is 0 Å². The molecule has 2 aliphatic rings. The van der Waals surface area contributed by atoms with Crippen LogP contribution in [-0.2, 0) is 0 Å². The Morgan fingerprint density at radius 2 is 0.590 bits per heavy atom. The van der Waals surface area contributed by atoms with Crippen LogP contribution in [0.2, 0.25) is 0 Å². The predicted molar refractivity (Wildman–Crippen MR) is 263 cm³/mol. The summed E-state index contributed by atoms with van der Waals surface area (Å²) < 4.78 is 0.726. The van der Waals surface area contributed by atoms with E-state index >= 15 is 0 Å². The molecule has 0 spiro atoms. The van der Waals surface area contributed by atoms with Crippen LogP contribution in [0.15, 0.2) is 121 Å². The van der Waals surface area contributed by atoms with Crippen LogP contribution in [0.1, 0.15) is 22.8 Å². The third kappa shape index (κ3) is 7.51. The topological polar surface area (TPSA) is 67.1 Å². The number of fused-ring (bicyclic) bond motifs is 8. The van der Waals surface area contributed by atoms with Crippen molar-refractivity contribution in [3.8, 4) is 44.5 Å². The first-order chi connectivity index (χ1) is 29.3. The third-order valence-electron chi connectivity index (χ3n) is 11.7. The van der Waals surface area contributed by atoms with Crippen LogP contribution in [0.4, 0.5) is 22.7 Å². The molecule has 304 valence electrons. The molecule has 8 heteroatoms. The SMILES string of the molecule is CN(C)c1ccc(-c2c3nc(c(-c4ccc(N(C)C)cc4)c4ccc([nH]4)c(-c4ccc([N+](C)(C)C)cc4)c4nc(c(-c5ccc(N(C)C)cc5)c5ccc2[nH]5)C=C4)C=C3)cc1. The number of benzene rings is 4. The van der Waals surface area contributed by atoms with Crippen LogP contribution < -0.4 is 19.2 Å². The van der Waals surface area contributed by atoms with Gasteiger partial charge in [0.05, 0.1) is 43.9 Å². The van der Waals surface area contributed by atoms with Crippen LogP contribution in [0, 0.1) is 0 Å². The summed E-state index contributed by atoms with van der Waals surface area (Å²) in [5, 5.41) is 0. The molecule has 0 unspecified atom stereocenters. The van der Waals surface area contributed by atoms with E-state index in [-0.39, 0.29) is 0 Å². The number of aromatic nitrogens is 4. The summed E-state index contributed by atoms with van der Waals surface area (Å²) in [5.41, 5.74) is 20.5. The number of nitrogens with zero attached hydrogens (tertiary/aromatic N) is 6. The van der Waals surface area contributed by atoms with Gasteiger partial charge in [0, 0.05) is 104 Å². The molecule has 3 aromatic heterocycles. The molecule has 2 aliphatic heterocycles. The summed E-state index contributed by atoms with van der Waals surface area (Å²) in [4.78, 5) is 25.2. The molecule has 0 atom stereocenters. The van der Waals surface area contributed by atoms with Gasteiger partial charge in [0.15, 0.2) is 0 Å². The summed E-state index contributed by atoms with van der Waals surface area (Å²) in [6, 6.07) is 43.8. The minimum absolute atomic E-state index is 0.726. The van der Waals surface area contributed by atoms with Crippen molar-refractivity contribution in [3.63, 3.8) is 0 Å². The first-order valence-electron chi connectivity index (χ1n) is 20.7. The van der Waals surface area contributed by atoms with Crippen molar-refractivity contribution in [3.05, 3.63) is 144 Å². The summed E-state index contributed by atoms with van der Waals surface area (Å²) in [5.74, 6) is 0. The molecule has 0 aliphatic carbocycles. The van der Waals surface area contributed by atoms with Gasteiger partial charge < -0.3 is 24.7 Å². The van der Waals surface area contributed by atoms with Crippen molar-refractivity contribution < 1.29 is 0 Å². The lowest BCUT2D eigenvalue weighted by molar-refractivity contribution is 0.486. The van der Waals surface area contributed by atoms with E-state index in [0.717, 1.165) is 111 Å². The average molecular weight is 802 g/mol. The Labute approximate surface area is 359 Å². The van der Waals surface area contributed by atoms with Gasteiger partial charge in [-0.15, -0.1) is 0 Å². The van der Waals surface area contributed by atoms with Crippen molar-refractivity contribution in [2.75, 3.05) is 78.1 Å². The van der Waals surface area contributed by atoms with Crippen LogP contribution in [0.5, 0.6) is 0 Å². The fraction of sp³-hybridized carbons (Fsp3) is 0.170. The van der Waals surface area contributed by atoms with E-state index in [9.17, 15) is 0 Å². The van der Waals surface area contributed by atoms with Crippen LogP contribution in [0.25, 0.3) is 90.9 Å². The molecule has 0 saturated heterocycles. The molecule has 5 heterocycles. The molecule has 0 saturated carbocycles. The third-order valence-corrected chi connectivity index (χ3v) is 11.7. The van der Waals surface area contributed by atoms with E-state index < -0.39 is 0 Å². The van der Waals surface area contributed by atoms with Gasteiger partial charge in [0.25, 0.3) is 0 Å². The van der Waals surface area contributed by atoms with E-state index in [1.165, 1.54) is 5.69 Å². The van der Waals surface area contributed by atoms with Crippen molar-refractivity contribution in [2.45, 2.75) is 0 Å². The van der Waals surface area contributed by atoms with Gasteiger partial charge in [0.2, 0.25) is 0 Å². The highest BCUT2D eigenvalue weighted by Crippen LogP contribution is 2.39. The zero-order chi connectivity index (χ0) is 42.6. The second-order valence-electron chi connectivity index (χ2n) is 17.4. The van der Waals surface area contributed by atoms with E-state index in [1.807, 2.05) is 0 Å². The second-order valence-corrected chi connectivity index (χ2v) is 17.4. The quantitative estimate of drug-likeness (QED) is 0.150. The summed E-state index contributed by atoms with van der Waals surface area (Å²) in [6.07, 6.45) is 8.63.